The van der Waals surface area contributed by atoms with Gasteiger partial charge in [-0.25, -0.2) is 4.98 Å². The van der Waals surface area contributed by atoms with Crippen molar-refractivity contribution in [1.29, 1.82) is 0 Å². The standard InChI is InChI=1S/C10H9N6/c1-2-6-15(7-3-1)16-8-13-10(14-16)9-11-4-5-12-9/h1-8H,(H,11,12)/q+1. The number of hydrogen-bond donors (Lipinski definition) is 1. The van der Waals surface area contributed by atoms with Crippen molar-refractivity contribution in [3.05, 3.63) is 49.3 Å². The van der Waals surface area contributed by atoms with Gasteiger partial charge in [-0.1, -0.05) is 6.07 Å². The average molecular weight is 213 g/mol. The van der Waals surface area contributed by atoms with Gasteiger partial charge in [0.05, 0.1) is 5.10 Å². The Balaban J connectivity index is 2.00. The van der Waals surface area contributed by atoms with E-state index in [0.717, 1.165) is 0 Å². The highest BCUT2D eigenvalue weighted by Crippen LogP contribution is 2.05. The second-order valence-electron chi connectivity index (χ2n) is 3.18. The summed E-state index contributed by atoms with van der Waals surface area (Å²) < 4.78 is 1.82. The molecule has 3 aromatic heterocycles. The van der Waals surface area contributed by atoms with Gasteiger partial charge in [-0.05, 0) is 12.1 Å². The zero-order chi connectivity index (χ0) is 10.8. The van der Waals surface area contributed by atoms with Crippen LogP contribution in [0.15, 0.2) is 49.3 Å². The summed E-state index contributed by atoms with van der Waals surface area (Å²) in [4.78, 5) is 12.9. The fourth-order valence-electron chi connectivity index (χ4n) is 1.39. The summed E-state index contributed by atoms with van der Waals surface area (Å²) in [5.41, 5.74) is 0. The van der Waals surface area contributed by atoms with Crippen LogP contribution in [0.5, 0.6) is 0 Å². The molecule has 0 aromatic carbocycles. The molecule has 0 saturated carbocycles. The molecule has 6 nitrogen and oxygen atoms in total. The van der Waals surface area contributed by atoms with E-state index in [1.165, 1.54) is 0 Å². The van der Waals surface area contributed by atoms with Crippen molar-refractivity contribution < 1.29 is 4.68 Å². The van der Waals surface area contributed by atoms with E-state index in [1.807, 2.05) is 35.3 Å². The molecule has 0 saturated heterocycles. The first kappa shape index (κ1) is 8.78. The van der Waals surface area contributed by atoms with E-state index in [0.29, 0.717) is 11.6 Å². The third-order valence-electron chi connectivity index (χ3n) is 2.13. The molecule has 0 aliphatic carbocycles. The number of nitrogens with one attached hydrogen (secondary N) is 1. The Morgan fingerprint density at radius 3 is 2.75 bits per heavy atom. The quantitative estimate of drug-likeness (QED) is 0.621. The highest BCUT2D eigenvalue weighted by Gasteiger charge is 2.14. The molecule has 78 valence electrons. The normalized spacial score (nSPS) is 10.5. The van der Waals surface area contributed by atoms with Gasteiger partial charge in [0.2, 0.25) is 5.82 Å². The SMILES string of the molecule is c1cc[n+](-n2cnc(-c3ncc[nH]3)n2)cc1. The van der Waals surface area contributed by atoms with Gasteiger partial charge < -0.3 is 4.98 Å². The molecule has 0 radical (unpaired) electrons. The predicted octanol–water partition coefficient (Wildman–Crippen LogP) is 0.267. The highest BCUT2D eigenvalue weighted by atomic mass is 15.6. The minimum Gasteiger partial charge on any atom is -0.340 e. The van der Waals surface area contributed by atoms with Crippen LogP contribution in [0.4, 0.5) is 0 Å². The summed E-state index contributed by atoms with van der Waals surface area (Å²) in [5.74, 6) is 1.23. The Kier molecular flexibility index (Phi) is 1.96. The van der Waals surface area contributed by atoms with Gasteiger partial charge in [-0.15, -0.1) is 4.68 Å². The molecule has 1 N–H and O–H groups in total. The lowest BCUT2D eigenvalue weighted by Crippen LogP contribution is -2.41. The van der Waals surface area contributed by atoms with Gasteiger partial charge in [-0.2, -0.15) is 4.98 Å². The van der Waals surface area contributed by atoms with Crippen LogP contribution in [0.3, 0.4) is 0 Å². The van der Waals surface area contributed by atoms with Crippen molar-refractivity contribution >= 4 is 0 Å². The van der Waals surface area contributed by atoms with E-state index in [-0.39, 0.29) is 0 Å². The molecule has 3 rings (SSSR count). The Labute approximate surface area is 91.2 Å². The maximum atomic E-state index is 4.30. The first-order valence-electron chi connectivity index (χ1n) is 4.82. The Morgan fingerprint density at radius 1 is 1.12 bits per heavy atom. The number of nitrogens with zero attached hydrogens (tertiary/aromatic N) is 5. The molecule has 6 heteroatoms. The molecule has 0 atom stereocenters. The summed E-state index contributed by atoms with van der Waals surface area (Å²) in [6.07, 6.45) is 8.83. The van der Waals surface area contributed by atoms with Gasteiger partial charge in [0, 0.05) is 17.2 Å². The predicted molar refractivity (Wildman–Crippen MR) is 55.0 cm³/mol. The number of pyridine rings is 1. The van der Waals surface area contributed by atoms with Crippen molar-refractivity contribution in [2.45, 2.75) is 0 Å². The summed E-state index contributed by atoms with van der Waals surface area (Å²) >= 11 is 0. The second kappa shape index (κ2) is 3.58. The third-order valence-corrected chi connectivity index (χ3v) is 2.13. The van der Waals surface area contributed by atoms with Crippen molar-refractivity contribution in [2.24, 2.45) is 0 Å². The molecule has 0 aliphatic heterocycles. The molecule has 3 aromatic rings. The van der Waals surface area contributed by atoms with Crippen LogP contribution < -0.4 is 4.68 Å². The molecular formula is C10H9N6+. The Morgan fingerprint density at radius 2 is 2.00 bits per heavy atom. The smallest absolute Gasteiger partial charge is 0.337 e. The molecule has 0 unspecified atom stereocenters. The second-order valence-corrected chi connectivity index (χ2v) is 3.18. The first-order chi connectivity index (χ1) is 7.93. The molecule has 0 amide bonds. The van der Waals surface area contributed by atoms with E-state index in [4.69, 9.17) is 0 Å². The van der Waals surface area contributed by atoms with Crippen LogP contribution in [-0.4, -0.2) is 24.8 Å². The maximum absolute atomic E-state index is 4.30. The zero-order valence-corrected chi connectivity index (χ0v) is 8.35. The van der Waals surface area contributed by atoms with Crippen LogP contribution in [-0.2, 0) is 0 Å². The number of aromatic amines is 1. The lowest BCUT2D eigenvalue weighted by molar-refractivity contribution is -0.736. The van der Waals surface area contributed by atoms with Crippen LogP contribution in [0.2, 0.25) is 0 Å². The molecule has 0 spiro atoms. The number of imidazole rings is 1. The lowest BCUT2D eigenvalue weighted by atomic mass is 10.5. The van der Waals surface area contributed by atoms with Crippen molar-refractivity contribution in [1.82, 2.24) is 24.8 Å². The van der Waals surface area contributed by atoms with E-state index in [2.05, 4.69) is 20.1 Å². The van der Waals surface area contributed by atoms with Crippen LogP contribution >= 0.6 is 0 Å². The monoisotopic (exact) mass is 213 g/mol. The minimum absolute atomic E-state index is 0.571. The largest absolute Gasteiger partial charge is 0.340 e. The summed E-state index contributed by atoms with van der Waals surface area (Å²) in [5, 5.41) is 4.30. The fourth-order valence-corrected chi connectivity index (χ4v) is 1.39. The van der Waals surface area contributed by atoms with Crippen molar-refractivity contribution in [2.75, 3.05) is 0 Å². The Bertz CT molecular complexity index is 568. The molecule has 3 heterocycles. The minimum atomic E-state index is 0.571. The van der Waals surface area contributed by atoms with Gasteiger partial charge in [0.1, 0.15) is 12.4 Å². The van der Waals surface area contributed by atoms with Crippen LogP contribution in [0.1, 0.15) is 0 Å². The molecular weight excluding hydrogens is 204 g/mol. The lowest BCUT2D eigenvalue weighted by Gasteiger charge is -1.91. The summed E-state index contributed by atoms with van der Waals surface area (Å²) in [6.45, 7) is 0. The maximum Gasteiger partial charge on any atom is 0.337 e. The Hall–Kier alpha value is -2.50. The number of rotatable bonds is 2. The van der Waals surface area contributed by atoms with Gasteiger partial charge in [-0.3, -0.25) is 0 Å². The molecule has 0 aliphatic rings. The van der Waals surface area contributed by atoms with Crippen LogP contribution in [0.25, 0.3) is 11.6 Å². The summed E-state index contributed by atoms with van der Waals surface area (Å²) in [6, 6.07) is 5.80. The summed E-state index contributed by atoms with van der Waals surface area (Å²) in [7, 11) is 0. The number of aromatic nitrogens is 6. The third kappa shape index (κ3) is 1.46. The fraction of sp³-hybridized carbons (Fsp3) is 0. The van der Waals surface area contributed by atoms with E-state index in [1.54, 1.807) is 23.5 Å². The van der Waals surface area contributed by atoms with E-state index >= 15 is 0 Å². The molecule has 16 heavy (non-hydrogen) atoms. The molecule has 0 fully saturated rings. The number of hydrogen-bond acceptors (Lipinski definition) is 3. The van der Waals surface area contributed by atoms with Crippen molar-refractivity contribution in [3.63, 3.8) is 0 Å². The average Bonchev–Trinajstić information content (AvgIpc) is 3.01. The zero-order valence-electron chi connectivity index (χ0n) is 8.35. The van der Waals surface area contributed by atoms with Gasteiger partial charge in [0.25, 0.3) is 0 Å². The van der Waals surface area contributed by atoms with E-state index in [9.17, 15) is 0 Å². The topological polar surface area (TPSA) is 63.3 Å². The highest BCUT2D eigenvalue weighted by molar-refractivity contribution is 5.40. The van der Waals surface area contributed by atoms with Crippen LogP contribution in [0, 0.1) is 0 Å². The van der Waals surface area contributed by atoms with E-state index < -0.39 is 0 Å². The van der Waals surface area contributed by atoms with Crippen molar-refractivity contribution in [3.8, 4) is 11.6 Å². The van der Waals surface area contributed by atoms with Gasteiger partial charge >= 0.3 is 5.82 Å². The number of H-pyrrole nitrogens is 1. The first-order valence-corrected chi connectivity index (χ1v) is 4.82. The molecule has 0 bridgehead atoms. The van der Waals surface area contributed by atoms with Gasteiger partial charge in [0.15, 0.2) is 6.33 Å².